The molecule has 0 aliphatic rings. The molecule has 0 aliphatic heterocycles. The maximum absolute atomic E-state index is 14.4. The van der Waals surface area contributed by atoms with Crippen LogP contribution in [-0.4, -0.2) is 6.67 Å². The summed E-state index contributed by atoms with van der Waals surface area (Å²) in [4.78, 5) is 0. The van der Waals surface area contributed by atoms with Gasteiger partial charge < -0.3 is 4.74 Å². The molecule has 30 heavy (non-hydrogen) atoms. The topological polar surface area (TPSA) is 9.23 Å². The van der Waals surface area contributed by atoms with Crippen molar-refractivity contribution in [3.63, 3.8) is 0 Å². The molecule has 0 fully saturated rings. The van der Waals surface area contributed by atoms with Crippen molar-refractivity contribution < 1.29 is 26.7 Å². The maximum Gasteiger partial charge on any atom is 0.159 e. The van der Waals surface area contributed by atoms with Crippen LogP contribution < -0.4 is 4.74 Å². The zero-order chi connectivity index (χ0) is 21.5. The average molecular weight is 420 g/mol. The molecule has 0 N–H and O–H groups in total. The standard InChI is InChI=1S/C24H21F5O/c25-11-3-1-2-4-16-5-6-18(22(27)12-16)15-30-19-8-9-20(23(28)14-19)17-7-10-21(26)24(29)13-17/h5-10,12-14H,1-4,11,15H2. The Labute approximate surface area is 172 Å². The molecule has 0 aromatic heterocycles. The number of ether oxygens (including phenoxy) is 1. The molecule has 3 rings (SSSR count). The predicted molar refractivity (Wildman–Crippen MR) is 106 cm³/mol. The van der Waals surface area contributed by atoms with Crippen LogP contribution in [0.25, 0.3) is 11.1 Å². The summed E-state index contributed by atoms with van der Waals surface area (Å²) in [5, 5.41) is 0. The van der Waals surface area contributed by atoms with Crippen molar-refractivity contribution in [2.45, 2.75) is 32.3 Å². The number of halogens is 5. The Morgan fingerprint density at radius 1 is 0.667 bits per heavy atom. The monoisotopic (exact) mass is 420 g/mol. The van der Waals surface area contributed by atoms with Crippen LogP contribution in [0, 0.1) is 23.3 Å². The Balaban J connectivity index is 1.63. The van der Waals surface area contributed by atoms with Crippen LogP contribution in [0.3, 0.4) is 0 Å². The lowest BCUT2D eigenvalue weighted by Crippen LogP contribution is -2.00. The summed E-state index contributed by atoms with van der Waals surface area (Å²) in [6.07, 6.45) is 2.74. The van der Waals surface area contributed by atoms with Crippen molar-refractivity contribution >= 4 is 0 Å². The minimum absolute atomic E-state index is 0.0854. The summed E-state index contributed by atoms with van der Waals surface area (Å²) in [6, 6.07) is 12.0. The summed E-state index contributed by atoms with van der Waals surface area (Å²) in [6.45, 7) is -0.426. The lowest BCUT2D eigenvalue weighted by Gasteiger charge is -2.11. The van der Waals surface area contributed by atoms with E-state index < -0.39 is 23.3 Å². The molecule has 0 spiro atoms. The minimum atomic E-state index is -1.06. The fourth-order valence-corrected chi connectivity index (χ4v) is 3.11. The van der Waals surface area contributed by atoms with Gasteiger partial charge in [-0.15, -0.1) is 0 Å². The molecular formula is C24H21F5O. The molecule has 3 aromatic carbocycles. The third-order valence-electron chi connectivity index (χ3n) is 4.78. The van der Waals surface area contributed by atoms with E-state index in [0.717, 1.165) is 36.6 Å². The number of hydrogen-bond donors (Lipinski definition) is 0. The van der Waals surface area contributed by atoms with Crippen LogP contribution in [0.1, 0.15) is 30.4 Å². The number of rotatable bonds is 9. The zero-order valence-corrected chi connectivity index (χ0v) is 16.2. The quantitative estimate of drug-likeness (QED) is 0.263. The van der Waals surface area contributed by atoms with Gasteiger partial charge >= 0.3 is 0 Å². The second-order valence-electron chi connectivity index (χ2n) is 6.98. The van der Waals surface area contributed by atoms with Gasteiger partial charge in [-0.25, -0.2) is 17.6 Å². The molecule has 0 bridgehead atoms. The van der Waals surface area contributed by atoms with Crippen LogP contribution in [0.15, 0.2) is 54.6 Å². The smallest absolute Gasteiger partial charge is 0.159 e. The highest BCUT2D eigenvalue weighted by atomic mass is 19.2. The number of alkyl halides is 1. The summed E-state index contributed by atoms with van der Waals surface area (Å²) in [7, 11) is 0. The maximum atomic E-state index is 14.4. The summed E-state index contributed by atoms with van der Waals surface area (Å²) >= 11 is 0. The predicted octanol–water partition coefficient (Wildman–Crippen LogP) is 7.17. The van der Waals surface area contributed by atoms with E-state index in [1.165, 1.54) is 24.3 Å². The van der Waals surface area contributed by atoms with Gasteiger partial charge in [-0.1, -0.05) is 24.6 Å². The highest BCUT2D eigenvalue weighted by molar-refractivity contribution is 5.65. The Bertz CT molecular complexity index is 1000. The highest BCUT2D eigenvalue weighted by Crippen LogP contribution is 2.28. The number of hydrogen-bond acceptors (Lipinski definition) is 1. The van der Waals surface area contributed by atoms with Crippen LogP contribution in [0.4, 0.5) is 22.0 Å². The Morgan fingerprint density at radius 3 is 2.20 bits per heavy atom. The van der Waals surface area contributed by atoms with Crippen LogP contribution in [-0.2, 0) is 13.0 Å². The van der Waals surface area contributed by atoms with E-state index in [0.29, 0.717) is 18.4 Å². The SMILES string of the molecule is FCCCCCc1ccc(COc2ccc(-c3ccc(F)c(F)c3)c(F)c2)c(F)c1. The lowest BCUT2D eigenvalue weighted by molar-refractivity contribution is 0.298. The third kappa shape index (κ3) is 5.59. The van der Waals surface area contributed by atoms with Gasteiger partial charge in [-0.05, 0) is 60.7 Å². The second-order valence-corrected chi connectivity index (χ2v) is 6.98. The average Bonchev–Trinajstić information content (AvgIpc) is 2.73. The van der Waals surface area contributed by atoms with Crippen LogP contribution in [0.2, 0.25) is 0 Å². The van der Waals surface area contributed by atoms with E-state index >= 15 is 0 Å². The molecule has 158 valence electrons. The van der Waals surface area contributed by atoms with Gasteiger partial charge in [-0.3, -0.25) is 4.39 Å². The molecule has 0 unspecified atom stereocenters. The van der Waals surface area contributed by atoms with Gasteiger partial charge in [0.05, 0.1) is 6.67 Å². The fraction of sp³-hybridized carbons (Fsp3) is 0.250. The normalized spacial score (nSPS) is 11.0. The van der Waals surface area contributed by atoms with E-state index in [9.17, 15) is 22.0 Å². The molecule has 1 nitrogen and oxygen atoms in total. The molecular weight excluding hydrogens is 399 g/mol. The van der Waals surface area contributed by atoms with Gasteiger partial charge in [-0.2, -0.15) is 0 Å². The molecule has 0 heterocycles. The van der Waals surface area contributed by atoms with Crippen molar-refractivity contribution in [3.05, 3.63) is 89.0 Å². The number of benzene rings is 3. The first kappa shape index (κ1) is 21.8. The van der Waals surface area contributed by atoms with Crippen molar-refractivity contribution in [1.82, 2.24) is 0 Å². The first-order chi connectivity index (χ1) is 14.5. The van der Waals surface area contributed by atoms with Gasteiger partial charge in [0.2, 0.25) is 0 Å². The van der Waals surface area contributed by atoms with Crippen molar-refractivity contribution in [2.24, 2.45) is 0 Å². The van der Waals surface area contributed by atoms with E-state index in [2.05, 4.69) is 0 Å². The van der Waals surface area contributed by atoms with E-state index in [-0.39, 0.29) is 30.2 Å². The molecule has 6 heteroatoms. The van der Waals surface area contributed by atoms with Crippen molar-refractivity contribution in [2.75, 3.05) is 6.67 Å². The fourth-order valence-electron chi connectivity index (χ4n) is 3.11. The number of aryl methyl sites for hydroxylation is 1. The van der Waals surface area contributed by atoms with Gasteiger partial charge in [0.1, 0.15) is 24.0 Å². The highest BCUT2D eigenvalue weighted by Gasteiger charge is 2.11. The summed E-state index contributed by atoms with van der Waals surface area (Å²) in [5.74, 6) is -2.96. The van der Waals surface area contributed by atoms with E-state index in [1.807, 2.05) is 0 Å². The number of unbranched alkanes of at least 4 members (excludes halogenated alkanes) is 2. The largest absolute Gasteiger partial charge is 0.489 e. The summed E-state index contributed by atoms with van der Waals surface area (Å²) < 4.78 is 72.7. The van der Waals surface area contributed by atoms with E-state index in [4.69, 9.17) is 4.74 Å². The zero-order valence-electron chi connectivity index (χ0n) is 16.2. The molecule has 0 atom stereocenters. The Kier molecular flexibility index (Phi) is 7.44. The molecule has 0 aliphatic carbocycles. The Hall–Kier alpha value is -2.89. The van der Waals surface area contributed by atoms with Crippen molar-refractivity contribution in [1.29, 1.82) is 0 Å². The molecule has 0 radical (unpaired) electrons. The minimum Gasteiger partial charge on any atom is -0.489 e. The molecule has 0 saturated heterocycles. The van der Waals surface area contributed by atoms with Gasteiger partial charge in [0.25, 0.3) is 0 Å². The molecule has 0 saturated carbocycles. The molecule has 0 amide bonds. The van der Waals surface area contributed by atoms with Crippen LogP contribution >= 0.6 is 0 Å². The van der Waals surface area contributed by atoms with Gasteiger partial charge in [0, 0.05) is 17.2 Å². The van der Waals surface area contributed by atoms with Crippen molar-refractivity contribution in [3.8, 4) is 16.9 Å². The lowest BCUT2D eigenvalue weighted by atomic mass is 10.0. The summed E-state index contributed by atoms with van der Waals surface area (Å²) in [5.41, 5.74) is 1.46. The molecule has 3 aromatic rings. The van der Waals surface area contributed by atoms with Crippen LogP contribution in [0.5, 0.6) is 5.75 Å². The van der Waals surface area contributed by atoms with Gasteiger partial charge in [0.15, 0.2) is 11.6 Å². The Morgan fingerprint density at radius 2 is 1.50 bits per heavy atom. The first-order valence-corrected chi connectivity index (χ1v) is 9.69. The van der Waals surface area contributed by atoms with E-state index in [1.54, 1.807) is 12.1 Å². The third-order valence-corrected chi connectivity index (χ3v) is 4.78. The second kappa shape index (κ2) is 10.2. The first-order valence-electron chi connectivity index (χ1n) is 9.69.